The quantitative estimate of drug-likeness (QED) is 0.614. The highest BCUT2D eigenvalue weighted by Gasteiger charge is 2.08. The molecule has 0 spiro atoms. The van der Waals surface area contributed by atoms with Crippen LogP contribution in [0.25, 0.3) is 0 Å². The molecule has 0 aliphatic heterocycles. The van der Waals surface area contributed by atoms with Crippen LogP contribution in [-0.4, -0.2) is 19.0 Å². The Kier molecular flexibility index (Phi) is 5.85. The van der Waals surface area contributed by atoms with Gasteiger partial charge in [0, 0.05) is 11.2 Å². The second kappa shape index (κ2) is 6.92. The zero-order chi connectivity index (χ0) is 12.0. The minimum Gasteiger partial charge on any atom is -0.465 e. The van der Waals surface area contributed by atoms with Crippen molar-refractivity contribution in [2.45, 2.75) is 18.2 Å². The van der Waals surface area contributed by atoms with Gasteiger partial charge in [-0.05, 0) is 36.1 Å². The summed E-state index contributed by atoms with van der Waals surface area (Å²) in [5.41, 5.74) is 2.93. The molecule has 2 nitrogen and oxygen atoms in total. The van der Waals surface area contributed by atoms with Crippen molar-refractivity contribution in [2.24, 2.45) is 0 Å². The summed E-state index contributed by atoms with van der Waals surface area (Å²) in [6.45, 7) is 0. The highest BCUT2D eigenvalue weighted by molar-refractivity contribution is 9.08. The van der Waals surface area contributed by atoms with Gasteiger partial charge in [-0.3, -0.25) is 0 Å². The second-order valence-electron chi connectivity index (χ2n) is 3.40. The molecule has 1 aromatic carbocycles. The van der Waals surface area contributed by atoms with Crippen molar-refractivity contribution in [3.8, 4) is 0 Å². The number of aryl methyl sites for hydroxylation is 1. The number of hydrogen-bond donors (Lipinski definition) is 0. The van der Waals surface area contributed by atoms with Crippen LogP contribution in [0.2, 0.25) is 0 Å². The van der Waals surface area contributed by atoms with Crippen molar-refractivity contribution >= 4 is 33.5 Å². The smallest absolute Gasteiger partial charge is 0.337 e. The number of esters is 1. The van der Waals surface area contributed by atoms with Gasteiger partial charge in [-0.25, -0.2) is 4.79 Å². The molecule has 0 amide bonds. The zero-order valence-corrected chi connectivity index (χ0v) is 11.5. The summed E-state index contributed by atoms with van der Waals surface area (Å²) in [7, 11) is 1.39. The average Bonchev–Trinajstić information content (AvgIpc) is 2.35. The molecule has 0 saturated heterocycles. The maximum Gasteiger partial charge on any atom is 0.337 e. The van der Waals surface area contributed by atoms with Gasteiger partial charge in [0.25, 0.3) is 0 Å². The van der Waals surface area contributed by atoms with Gasteiger partial charge in [-0.15, -0.1) is 11.6 Å². The van der Waals surface area contributed by atoms with Gasteiger partial charge in [0.2, 0.25) is 0 Å². The predicted molar refractivity (Wildman–Crippen MR) is 69.5 cm³/mol. The van der Waals surface area contributed by atoms with Gasteiger partial charge in [-0.2, -0.15) is 0 Å². The van der Waals surface area contributed by atoms with Gasteiger partial charge in [0.05, 0.1) is 12.7 Å². The van der Waals surface area contributed by atoms with E-state index in [4.69, 9.17) is 11.6 Å². The molecule has 0 aliphatic rings. The van der Waals surface area contributed by atoms with Gasteiger partial charge in [0.15, 0.2) is 0 Å². The molecule has 0 unspecified atom stereocenters. The molecule has 0 atom stereocenters. The van der Waals surface area contributed by atoms with Crippen molar-refractivity contribution < 1.29 is 9.53 Å². The molecule has 4 heteroatoms. The van der Waals surface area contributed by atoms with Crippen LogP contribution in [-0.2, 0) is 16.5 Å². The third kappa shape index (κ3) is 3.49. The zero-order valence-electron chi connectivity index (χ0n) is 9.13. The SMILES string of the molecule is COC(=O)c1ccc(CCCCl)c(CBr)c1. The standard InChI is InChI=1S/C12H14BrClO2/c1-16-12(15)10-5-4-9(3-2-6-14)11(7-10)8-13/h4-5,7H,2-3,6,8H2,1H3. The molecule has 0 aromatic heterocycles. The van der Waals surface area contributed by atoms with Crippen molar-refractivity contribution in [1.82, 2.24) is 0 Å². The number of carbonyl (C=O) groups excluding carboxylic acids is 1. The van der Waals surface area contributed by atoms with Crippen molar-refractivity contribution in [1.29, 1.82) is 0 Å². The predicted octanol–water partition coefficient (Wildman–Crippen LogP) is 3.54. The van der Waals surface area contributed by atoms with Crippen LogP contribution in [0.4, 0.5) is 0 Å². The van der Waals surface area contributed by atoms with Crippen LogP contribution in [0, 0.1) is 0 Å². The second-order valence-corrected chi connectivity index (χ2v) is 4.34. The third-order valence-electron chi connectivity index (χ3n) is 2.35. The fraction of sp³-hybridized carbons (Fsp3) is 0.417. The van der Waals surface area contributed by atoms with E-state index >= 15 is 0 Å². The van der Waals surface area contributed by atoms with Gasteiger partial charge in [0.1, 0.15) is 0 Å². The van der Waals surface area contributed by atoms with Gasteiger partial charge >= 0.3 is 5.97 Å². The molecule has 0 saturated carbocycles. The van der Waals surface area contributed by atoms with E-state index in [0.29, 0.717) is 11.4 Å². The number of ether oxygens (including phenoxy) is 1. The molecule has 0 aliphatic carbocycles. The third-order valence-corrected chi connectivity index (χ3v) is 3.22. The highest BCUT2D eigenvalue weighted by Crippen LogP contribution is 2.18. The first-order valence-corrected chi connectivity index (χ1v) is 6.70. The van der Waals surface area contributed by atoms with E-state index in [1.54, 1.807) is 6.07 Å². The molecule has 0 heterocycles. The fourth-order valence-corrected chi connectivity index (χ4v) is 2.15. The molecule has 16 heavy (non-hydrogen) atoms. The molecule has 88 valence electrons. The Morgan fingerprint density at radius 3 is 2.75 bits per heavy atom. The normalized spacial score (nSPS) is 10.2. The summed E-state index contributed by atoms with van der Waals surface area (Å²) >= 11 is 9.09. The number of methoxy groups -OCH3 is 1. The Hall–Kier alpha value is -0.540. The maximum absolute atomic E-state index is 11.3. The lowest BCUT2D eigenvalue weighted by Gasteiger charge is -2.08. The minimum absolute atomic E-state index is 0.300. The number of hydrogen-bond acceptors (Lipinski definition) is 2. The Balaban J connectivity index is 2.92. The molecule has 0 radical (unpaired) electrons. The van der Waals surface area contributed by atoms with E-state index in [2.05, 4.69) is 20.7 Å². The Labute approximate surface area is 109 Å². The molecule has 1 rings (SSSR count). The van der Waals surface area contributed by atoms with Crippen molar-refractivity contribution in [3.05, 3.63) is 34.9 Å². The topological polar surface area (TPSA) is 26.3 Å². The van der Waals surface area contributed by atoms with Crippen molar-refractivity contribution in [3.63, 3.8) is 0 Å². The number of carbonyl (C=O) groups is 1. The largest absolute Gasteiger partial charge is 0.465 e. The molecule has 0 bridgehead atoms. The summed E-state index contributed by atoms with van der Waals surface area (Å²) in [5.74, 6) is 0.353. The van der Waals surface area contributed by atoms with E-state index < -0.39 is 0 Å². The molecule has 1 aromatic rings. The lowest BCUT2D eigenvalue weighted by Crippen LogP contribution is -2.03. The monoisotopic (exact) mass is 304 g/mol. The summed E-state index contributed by atoms with van der Waals surface area (Å²) in [6, 6.07) is 5.63. The first kappa shape index (κ1) is 13.5. The van der Waals surface area contributed by atoms with E-state index in [9.17, 15) is 4.79 Å². The highest BCUT2D eigenvalue weighted by atomic mass is 79.9. The minimum atomic E-state index is -0.300. The van der Waals surface area contributed by atoms with E-state index in [-0.39, 0.29) is 5.97 Å². The van der Waals surface area contributed by atoms with Crippen LogP contribution in [0.3, 0.4) is 0 Å². The van der Waals surface area contributed by atoms with Crippen LogP contribution >= 0.6 is 27.5 Å². The van der Waals surface area contributed by atoms with Crippen LogP contribution in [0.15, 0.2) is 18.2 Å². The van der Waals surface area contributed by atoms with Crippen LogP contribution < -0.4 is 0 Å². The lowest BCUT2D eigenvalue weighted by atomic mass is 10.0. The number of benzene rings is 1. The van der Waals surface area contributed by atoms with E-state index in [1.165, 1.54) is 12.7 Å². The lowest BCUT2D eigenvalue weighted by molar-refractivity contribution is 0.0600. The summed E-state index contributed by atoms with van der Waals surface area (Å²) in [5, 5.41) is 0.732. The van der Waals surface area contributed by atoms with Crippen molar-refractivity contribution in [2.75, 3.05) is 13.0 Å². The van der Waals surface area contributed by atoms with E-state index in [0.717, 1.165) is 23.7 Å². The molecular formula is C12H14BrClO2. The summed E-state index contributed by atoms with van der Waals surface area (Å²) in [6.07, 6.45) is 1.88. The number of alkyl halides is 2. The Bertz CT molecular complexity index is 366. The fourth-order valence-electron chi connectivity index (χ4n) is 1.50. The molecule has 0 fully saturated rings. The van der Waals surface area contributed by atoms with Crippen LogP contribution in [0.5, 0.6) is 0 Å². The summed E-state index contributed by atoms with van der Waals surface area (Å²) < 4.78 is 4.68. The molecule has 0 N–H and O–H groups in total. The Morgan fingerprint density at radius 2 is 2.19 bits per heavy atom. The first-order valence-electron chi connectivity index (χ1n) is 5.05. The number of halogens is 2. The van der Waals surface area contributed by atoms with Gasteiger partial charge in [-0.1, -0.05) is 22.0 Å². The van der Waals surface area contributed by atoms with Crippen LogP contribution in [0.1, 0.15) is 27.9 Å². The number of rotatable bonds is 5. The first-order chi connectivity index (χ1) is 7.72. The Morgan fingerprint density at radius 1 is 1.44 bits per heavy atom. The van der Waals surface area contributed by atoms with E-state index in [1.807, 2.05) is 12.1 Å². The average molecular weight is 306 g/mol. The maximum atomic E-state index is 11.3. The van der Waals surface area contributed by atoms with Gasteiger partial charge < -0.3 is 4.74 Å². The molecular weight excluding hydrogens is 291 g/mol. The summed E-state index contributed by atoms with van der Waals surface area (Å²) in [4.78, 5) is 11.3.